The second kappa shape index (κ2) is 6.66. The van der Waals surface area contributed by atoms with Gasteiger partial charge in [0.15, 0.2) is 0 Å². The maximum atomic E-state index is 11.3. The third kappa shape index (κ3) is 5.19. The van der Waals surface area contributed by atoms with Crippen molar-refractivity contribution in [1.82, 2.24) is 15.5 Å². The van der Waals surface area contributed by atoms with Gasteiger partial charge in [0, 0.05) is 37.7 Å². The fraction of sp³-hybridized carbons (Fsp3) is 0.455. The molecule has 0 aliphatic carbocycles. The number of rotatable bonds is 7. The first-order valence-corrected chi connectivity index (χ1v) is 5.30. The van der Waals surface area contributed by atoms with Crippen LogP contribution in [0.3, 0.4) is 0 Å². The van der Waals surface area contributed by atoms with Crippen LogP contribution in [0.1, 0.15) is 25.0 Å². The largest absolute Gasteiger partial charge is 0.513 e. The zero-order valence-electron chi connectivity index (χ0n) is 9.20. The van der Waals surface area contributed by atoms with Crippen molar-refractivity contribution in [3.63, 3.8) is 0 Å². The molecule has 3 N–H and O–H groups in total. The molecule has 88 valence electrons. The van der Waals surface area contributed by atoms with Gasteiger partial charge in [-0.3, -0.25) is 9.89 Å². The van der Waals surface area contributed by atoms with Crippen molar-refractivity contribution in [3.8, 4) is 0 Å². The number of H-pyrrole nitrogens is 1. The molecule has 0 atom stereocenters. The number of allylic oxidation sites excluding steroid dienone is 1. The van der Waals surface area contributed by atoms with Crippen LogP contribution in [0.4, 0.5) is 0 Å². The van der Waals surface area contributed by atoms with Crippen molar-refractivity contribution in [2.75, 3.05) is 6.54 Å². The summed E-state index contributed by atoms with van der Waals surface area (Å²) in [6.07, 6.45) is 3.96. The Kier molecular flexibility index (Phi) is 5.11. The molecule has 1 aromatic rings. The number of hydrogen-bond acceptors (Lipinski definition) is 3. The van der Waals surface area contributed by atoms with Gasteiger partial charge < -0.3 is 10.4 Å². The van der Waals surface area contributed by atoms with Gasteiger partial charge in [-0.05, 0) is 12.5 Å². The van der Waals surface area contributed by atoms with E-state index in [0.29, 0.717) is 25.8 Å². The molecule has 1 rings (SSSR count). The van der Waals surface area contributed by atoms with Crippen LogP contribution >= 0.6 is 0 Å². The maximum Gasteiger partial charge on any atom is 0.220 e. The molecule has 0 unspecified atom stereocenters. The average molecular weight is 223 g/mol. The van der Waals surface area contributed by atoms with Gasteiger partial charge in [0.1, 0.15) is 0 Å². The molecule has 0 fully saturated rings. The summed E-state index contributed by atoms with van der Waals surface area (Å²) >= 11 is 0. The summed E-state index contributed by atoms with van der Waals surface area (Å²) in [7, 11) is 0. The lowest BCUT2D eigenvalue weighted by Crippen LogP contribution is -2.25. The molecule has 5 nitrogen and oxygen atoms in total. The fourth-order valence-corrected chi connectivity index (χ4v) is 1.30. The van der Waals surface area contributed by atoms with Crippen molar-refractivity contribution in [1.29, 1.82) is 0 Å². The Labute approximate surface area is 94.6 Å². The van der Waals surface area contributed by atoms with Crippen molar-refractivity contribution < 1.29 is 9.90 Å². The third-order valence-corrected chi connectivity index (χ3v) is 2.14. The molecular weight excluding hydrogens is 206 g/mol. The maximum absolute atomic E-state index is 11.3. The number of carbonyl (C=O) groups excluding carboxylic acids is 1. The fourth-order valence-electron chi connectivity index (χ4n) is 1.30. The minimum atomic E-state index is 0.000709. The van der Waals surface area contributed by atoms with Crippen LogP contribution in [0.25, 0.3) is 0 Å². The number of hydrogen-bond donors (Lipinski definition) is 3. The highest BCUT2D eigenvalue weighted by molar-refractivity contribution is 5.75. The van der Waals surface area contributed by atoms with Crippen molar-refractivity contribution in [2.24, 2.45) is 0 Å². The van der Waals surface area contributed by atoms with Crippen molar-refractivity contribution >= 4 is 5.91 Å². The van der Waals surface area contributed by atoms with Crippen molar-refractivity contribution in [3.05, 3.63) is 30.3 Å². The van der Waals surface area contributed by atoms with E-state index in [0.717, 1.165) is 12.1 Å². The van der Waals surface area contributed by atoms with Gasteiger partial charge in [0.25, 0.3) is 0 Å². The first-order chi connectivity index (χ1) is 7.68. The van der Waals surface area contributed by atoms with Gasteiger partial charge >= 0.3 is 0 Å². The molecule has 1 heterocycles. The standard InChI is InChI=1S/C11H17N3O2/c1-9(15)3-2-4-11(16)12-7-5-10-6-8-13-14-10/h6,8,15H,1-5,7H2,(H,12,16)(H,13,14). The third-order valence-electron chi connectivity index (χ3n) is 2.14. The van der Waals surface area contributed by atoms with Crippen LogP contribution in [0.15, 0.2) is 24.6 Å². The highest BCUT2D eigenvalue weighted by Gasteiger charge is 2.01. The minimum absolute atomic E-state index is 0.000709. The lowest BCUT2D eigenvalue weighted by molar-refractivity contribution is -0.121. The number of carbonyl (C=O) groups is 1. The number of nitrogens with one attached hydrogen (secondary N) is 2. The Morgan fingerprint density at radius 2 is 2.38 bits per heavy atom. The van der Waals surface area contributed by atoms with E-state index in [1.807, 2.05) is 6.07 Å². The Morgan fingerprint density at radius 1 is 1.56 bits per heavy atom. The average Bonchev–Trinajstić information content (AvgIpc) is 2.70. The van der Waals surface area contributed by atoms with Crippen LogP contribution < -0.4 is 5.32 Å². The Balaban J connectivity index is 2.04. The first-order valence-electron chi connectivity index (χ1n) is 5.30. The zero-order chi connectivity index (χ0) is 11.8. The lowest BCUT2D eigenvalue weighted by atomic mass is 10.2. The molecule has 16 heavy (non-hydrogen) atoms. The SMILES string of the molecule is C=C(O)CCCC(=O)NCCc1ccn[nH]1. The number of aliphatic hydroxyl groups is 1. The van der Waals surface area contributed by atoms with Crippen LogP contribution in [0, 0.1) is 0 Å². The van der Waals surface area contributed by atoms with E-state index in [4.69, 9.17) is 5.11 Å². The molecule has 0 saturated carbocycles. The summed E-state index contributed by atoms with van der Waals surface area (Å²) in [6, 6.07) is 1.88. The summed E-state index contributed by atoms with van der Waals surface area (Å²) < 4.78 is 0. The molecule has 0 bridgehead atoms. The normalized spacial score (nSPS) is 10.0. The number of nitrogens with zero attached hydrogens (tertiary/aromatic N) is 1. The zero-order valence-corrected chi connectivity index (χ0v) is 9.20. The number of aromatic nitrogens is 2. The van der Waals surface area contributed by atoms with Crippen LogP contribution in [0.5, 0.6) is 0 Å². The van der Waals surface area contributed by atoms with E-state index in [2.05, 4.69) is 22.1 Å². The van der Waals surface area contributed by atoms with E-state index in [1.54, 1.807) is 6.20 Å². The monoisotopic (exact) mass is 223 g/mol. The Bertz CT molecular complexity index is 333. The molecule has 1 aromatic heterocycles. The molecule has 0 aliphatic rings. The number of aliphatic hydroxyl groups excluding tert-OH is 1. The van der Waals surface area contributed by atoms with Crippen LogP contribution in [-0.2, 0) is 11.2 Å². The van der Waals surface area contributed by atoms with Gasteiger partial charge in [-0.15, -0.1) is 0 Å². The Morgan fingerprint density at radius 3 is 3.00 bits per heavy atom. The van der Waals surface area contributed by atoms with Gasteiger partial charge in [-0.2, -0.15) is 5.10 Å². The molecule has 1 amide bonds. The Hall–Kier alpha value is -1.78. The topological polar surface area (TPSA) is 78.0 Å². The molecule has 0 aliphatic heterocycles. The highest BCUT2D eigenvalue weighted by atomic mass is 16.3. The first kappa shape index (κ1) is 12.3. The minimum Gasteiger partial charge on any atom is -0.513 e. The molecular formula is C11H17N3O2. The van der Waals surface area contributed by atoms with Crippen LogP contribution in [-0.4, -0.2) is 27.8 Å². The molecule has 5 heteroatoms. The molecule has 0 radical (unpaired) electrons. The predicted octanol–water partition coefficient (Wildman–Crippen LogP) is 1.31. The van der Waals surface area contributed by atoms with E-state index >= 15 is 0 Å². The quantitative estimate of drug-likeness (QED) is 0.610. The second-order valence-corrected chi connectivity index (χ2v) is 3.60. The molecule has 0 spiro atoms. The van der Waals surface area contributed by atoms with Gasteiger partial charge in [-0.1, -0.05) is 6.58 Å². The molecule has 0 aromatic carbocycles. The van der Waals surface area contributed by atoms with Crippen LogP contribution in [0.2, 0.25) is 0 Å². The van der Waals surface area contributed by atoms with E-state index in [-0.39, 0.29) is 11.7 Å². The van der Waals surface area contributed by atoms with Gasteiger partial charge in [0.05, 0.1) is 5.76 Å². The number of amides is 1. The summed E-state index contributed by atoms with van der Waals surface area (Å²) in [5, 5.41) is 18.3. The van der Waals surface area contributed by atoms with E-state index in [1.165, 1.54) is 0 Å². The van der Waals surface area contributed by atoms with E-state index in [9.17, 15) is 4.79 Å². The highest BCUT2D eigenvalue weighted by Crippen LogP contribution is 2.01. The summed E-state index contributed by atoms with van der Waals surface area (Å²) in [5.74, 6) is 0.131. The smallest absolute Gasteiger partial charge is 0.220 e. The summed E-state index contributed by atoms with van der Waals surface area (Å²) in [4.78, 5) is 11.3. The second-order valence-electron chi connectivity index (χ2n) is 3.60. The molecule has 0 saturated heterocycles. The summed E-state index contributed by atoms with van der Waals surface area (Å²) in [6.45, 7) is 3.96. The number of aromatic amines is 1. The van der Waals surface area contributed by atoms with Crippen molar-refractivity contribution in [2.45, 2.75) is 25.7 Å². The van der Waals surface area contributed by atoms with Gasteiger partial charge in [0.2, 0.25) is 5.91 Å². The van der Waals surface area contributed by atoms with E-state index < -0.39 is 0 Å². The predicted molar refractivity (Wildman–Crippen MR) is 60.9 cm³/mol. The van der Waals surface area contributed by atoms with Gasteiger partial charge in [-0.25, -0.2) is 0 Å². The summed E-state index contributed by atoms with van der Waals surface area (Å²) in [5.41, 5.74) is 1.00. The lowest BCUT2D eigenvalue weighted by Gasteiger charge is -2.03.